The van der Waals surface area contributed by atoms with E-state index in [1.165, 1.54) is 7.11 Å². The number of anilines is 1. The maximum absolute atomic E-state index is 13.2. The van der Waals surface area contributed by atoms with Crippen LogP contribution in [0.15, 0.2) is 65.5 Å². The predicted octanol–water partition coefficient (Wildman–Crippen LogP) is 12.5. The number of methoxy groups -OCH3 is 2. The van der Waals surface area contributed by atoms with E-state index < -0.39 is 5.92 Å². The minimum atomic E-state index is -0.688. The van der Waals surface area contributed by atoms with Crippen LogP contribution in [-0.4, -0.2) is 46.2 Å². The quantitative estimate of drug-likeness (QED) is 0.0332. The Kier molecular flexibility index (Phi) is 18.4. The molecule has 4 aromatic carbocycles. The van der Waals surface area contributed by atoms with Crippen LogP contribution in [0.25, 0.3) is 10.9 Å². The van der Waals surface area contributed by atoms with Crippen LogP contribution in [0.5, 0.6) is 51.7 Å². The lowest BCUT2D eigenvalue weighted by Crippen LogP contribution is -2.35. The molecule has 1 amide bonds. The van der Waals surface area contributed by atoms with E-state index in [0.717, 1.165) is 101 Å². The van der Waals surface area contributed by atoms with Crippen molar-refractivity contribution in [2.45, 2.75) is 130 Å². The van der Waals surface area contributed by atoms with E-state index in [1.807, 2.05) is 0 Å². The van der Waals surface area contributed by atoms with Gasteiger partial charge in [0.1, 0.15) is 46.2 Å². The summed E-state index contributed by atoms with van der Waals surface area (Å²) < 4.78 is 23.3. The number of rotatable bonds is 22. The zero-order valence-electron chi connectivity index (χ0n) is 38.4. The topological polar surface area (TPSA) is 177 Å². The zero-order valence-corrected chi connectivity index (χ0v) is 38.4. The Bertz CT molecular complexity index is 2420. The maximum Gasteiger partial charge on any atom is 0.255 e. The van der Waals surface area contributed by atoms with E-state index >= 15 is 0 Å². The fourth-order valence-corrected chi connectivity index (χ4v) is 7.93. The zero-order chi connectivity index (χ0) is 46.2. The van der Waals surface area contributed by atoms with Crippen molar-refractivity contribution >= 4 is 28.3 Å². The van der Waals surface area contributed by atoms with Gasteiger partial charge in [-0.2, -0.15) is 0 Å². The highest BCUT2D eigenvalue weighted by Gasteiger charge is 2.36. The fraction of sp³-hybridized carbons (Fsp3) is 0.442. The van der Waals surface area contributed by atoms with Crippen molar-refractivity contribution in [2.24, 2.45) is 5.92 Å². The van der Waals surface area contributed by atoms with Crippen molar-refractivity contribution in [1.29, 1.82) is 0 Å². The number of amides is 1. The third-order valence-electron chi connectivity index (χ3n) is 11.6. The number of nitrogens with one attached hydrogen (secondary N) is 2. The summed E-state index contributed by atoms with van der Waals surface area (Å²) in [6.45, 7) is 8.46. The van der Waals surface area contributed by atoms with Crippen LogP contribution in [0.3, 0.4) is 0 Å². The van der Waals surface area contributed by atoms with Gasteiger partial charge in [0.2, 0.25) is 5.91 Å². The largest absolute Gasteiger partial charge is 0.508 e. The van der Waals surface area contributed by atoms with Gasteiger partial charge in [-0.15, -0.1) is 0 Å². The molecule has 0 spiro atoms. The smallest absolute Gasteiger partial charge is 0.255 e. The third kappa shape index (κ3) is 12.5. The SMILES string of the molecule is CCCCCc1cc(O)ccc1Oc1cc(OC)cc2c(O)c(CCCCC)c(=O)[nH]c12.CCCCCc1cc(O)ccc1Oc1cc(OC)cc2c1NC(=O)C(CCCCC)C2=O. The molecule has 12 nitrogen and oxygen atoms in total. The fourth-order valence-electron chi connectivity index (χ4n) is 7.93. The van der Waals surface area contributed by atoms with Crippen LogP contribution in [0.1, 0.15) is 138 Å². The number of aromatic hydroxyl groups is 3. The molecule has 64 heavy (non-hydrogen) atoms. The minimum absolute atomic E-state index is 0.0301. The van der Waals surface area contributed by atoms with Crippen molar-refractivity contribution in [3.05, 3.63) is 93.3 Å². The Labute approximate surface area is 376 Å². The molecule has 5 aromatic rings. The van der Waals surface area contributed by atoms with E-state index in [9.17, 15) is 29.7 Å². The molecule has 0 radical (unpaired) electrons. The Hall–Kier alpha value is -6.17. The van der Waals surface area contributed by atoms with Gasteiger partial charge in [-0.1, -0.05) is 85.5 Å². The van der Waals surface area contributed by atoms with E-state index in [0.29, 0.717) is 75.1 Å². The summed E-state index contributed by atoms with van der Waals surface area (Å²) in [4.78, 5) is 41.6. The molecule has 1 aliphatic rings. The highest BCUT2D eigenvalue weighted by molar-refractivity contribution is 6.22. The number of aryl methyl sites for hydroxylation is 2. The number of Topliss-reactive ketones (excluding diaryl/α,β-unsaturated/α-hetero) is 1. The second kappa shape index (κ2) is 24.0. The van der Waals surface area contributed by atoms with Crippen LogP contribution < -0.4 is 29.8 Å². The molecule has 0 aliphatic carbocycles. The van der Waals surface area contributed by atoms with Gasteiger partial charge in [-0.25, -0.2) is 0 Å². The van der Waals surface area contributed by atoms with Crippen molar-refractivity contribution in [3.63, 3.8) is 0 Å². The molecule has 0 fully saturated rings. The molecular formula is C52H66N2O10. The van der Waals surface area contributed by atoms with Gasteiger partial charge in [0.15, 0.2) is 17.3 Å². The van der Waals surface area contributed by atoms with E-state index in [1.54, 1.807) is 67.8 Å². The van der Waals surface area contributed by atoms with Crippen LogP contribution in [0.4, 0.5) is 5.69 Å². The molecule has 6 rings (SSSR count). The number of ketones is 1. The van der Waals surface area contributed by atoms with Crippen LogP contribution in [0.2, 0.25) is 0 Å². The average molecular weight is 879 g/mol. The number of aromatic nitrogens is 1. The highest BCUT2D eigenvalue weighted by Crippen LogP contribution is 2.43. The Balaban J connectivity index is 0.000000241. The molecule has 1 aliphatic heterocycles. The number of H-pyrrole nitrogens is 1. The normalized spacial score (nSPS) is 13.2. The van der Waals surface area contributed by atoms with Crippen LogP contribution in [0, 0.1) is 5.92 Å². The van der Waals surface area contributed by atoms with E-state index in [4.69, 9.17) is 18.9 Å². The molecule has 1 aromatic heterocycles. The number of unbranched alkanes of at least 4 members (excludes halogenated alkanes) is 8. The van der Waals surface area contributed by atoms with Crippen molar-refractivity contribution in [3.8, 4) is 51.7 Å². The first-order chi connectivity index (χ1) is 31.0. The highest BCUT2D eigenvalue weighted by atomic mass is 16.5. The number of pyridine rings is 1. The molecule has 0 bridgehead atoms. The Morgan fingerprint density at radius 1 is 0.578 bits per heavy atom. The number of carbonyl (C=O) groups excluding carboxylic acids is 2. The first kappa shape index (κ1) is 48.9. The monoisotopic (exact) mass is 878 g/mol. The number of ether oxygens (including phenoxy) is 4. The van der Waals surface area contributed by atoms with E-state index in [-0.39, 0.29) is 34.5 Å². The Morgan fingerprint density at radius 3 is 1.66 bits per heavy atom. The number of hydrogen-bond donors (Lipinski definition) is 5. The van der Waals surface area contributed by atoms with E-state index in [2.05, 4.69) is 38.0 Å². The number of benzene rings is 4. The lowest BCUT2D eigenvalue weighted by molar-refractivity contribution is -0.119. The number of phenolic OH excluding ortho intramolecular Hbond substituents is 2. The van der Waals surface area contributed by atoms with Crippen molar-refractivity contribution in [1.82, 2.24) is 4.98 Å². The summed E-state index contributed by atoms with van der Waals surface area (Å²) in [5.74, 6) is 2.08. The number of phenols is 2. The molecule has 0 saturated heterocycles. The van der Waals surface area contributed by atoms with Gasteiger partial charge in [0.25, 0.3) is 5.56 Å². The second-order valence-electron chi connectivity index (χ2n) is 16.4. The molecule has 1 atom stereocenters. The number of aromatic amines is 1. The molecule has 344 valence electrons. The van der Waals surface area contributed by atoms with Gasteiger partial charge in [-0.05, 0) is 105 Å². The van der Waals surface area contributed by atoms with Gasteiger partial charge in [0.05, 0.1) is 31.0 Å². The molecule has 1 unspecified atom stereocenters. The Morgan fingerprint density at radius 2 is 1.09 bits per heavy atom. The predicted molar refractivity (Wildman–Crippen MR) is 252 cm³/mol. The summed E-state index contributed by atoms with van der Waals surface area (Å²) in [5, 5.41) is 34.2. The van der Waals surface area contributed by atoms with Crippen LogP contribution >= 0.6 is 0 Å². The van der Waals surface area contributed by atoms with Crippen molar-refractivity contribution in [2.75, 3.05) is 19.5 Å². The maximum atomic E-state index is 13.2. The first-order valence-corrected chi connectivity index (χ1v) is 23.0. The molecular weight excluding hydrogens is 813 g/mol. The van der Waals surface area contributed by atoms with Crippen LogP contribution in [-0.2, 0) is 24.1 Å². The number of hydrogen-bond acceptors (Lipinski definition) is 10. The lowest BCUT2D eigenvalue weighted by Gasteiger charge is -2.26. The summed E-state index contributed by atoms with van der Waals surface area (Å²) in [5.41, 5.74) is 3.04. The molecule has 0 saturated carbocycles. The average Bonchev–Trinajstić information content (AvgIpc) is 3.28. The summed E-state index contributed by atoms with van der Waals surface area (Å²) in [6, 6.07) is 16.7. The summed E-state index contributed by atoms with van der Waals surface area (Å²) in [6.07, 6.45) is 14.6. The third-order valence-corrected chi connectivity index (χ3v) is 11.6. The van der Waals surface area contributed by atoms with Gasteiger partial charge >= 0.3 is 0 Å². The summed E-state index contributed by atoms with van der Waals surface area (Å²) in [7, 11) is 3.08. The molecule has 12 heteroatoms. The van der Waals surface area contributed by atoms with Gasteiger partial charge < -0.3 is 44.6 Å². The van der Waals surface area contributed by atoms with Crippen molar-refractivity contribution < 1.29 is 43.9 Å². The standard InChI is InChI=1S/2C26H33NO5/c2*1-4-6-8-10-17-14-18(28)12-13-22(17)32-23-16-19(31-3)15-21-24(23)27-26(30)20(25(21)29)11-9-7-5-2/h12-16,28H,4-11H2,1-3H3,(H2,27,29,30);12-16,20,28H,4-11H2,1-3H3,(H,27,30). The number of fused-ring (bicyclic) bond motifs is 2. The second-order valence-corrected chi connectivity index (χ2v) is 16.4. The number of carbonyl (C=O) groups is 2. The van der Waals surface area contributed by atoms with Gasteiger partial charge in [-0.3, -0.25) is 14.4 Å². The summed E-state index contributed by atoms with van der Waals surface area (Å²) >= 11 is 0. The lowest BCUT2D eigenvalue weighted by atomic mass is 9.87. The molecule has 2 heterocycles. The molecule has 5 N–H and O–H groups in total. The minimum Gasteiger partial charge on any atom is -0.508 e. The first-order valence-electron chi connectivity index (χ1n) is 23.0. The van der Waals surface area contributed by atoms with Gasteiger partial charge in [0, 0.05) is 23.1 Å².